The molecule has 6 aliphatic heterocycles. The summed E-state index contributed by atoms with van der Waals surface area (Å²) in [5.41, 5.74) is -1.32. The van der Waals surface area contributed by atoms with E-state index in [4.69, 9.17) is 61.6 Å². The minimum atomic E-state index is -1.93. The van der Waals surface area contributed by atoms with Crippen molar-refractivity contribution in [1.29, 1.82) is 0 Å². The maximum absolute atomic E-state index is 14.7. The highest BCUT2D eigenvalue weighted by Crippen LogP contribution is 2.76. The van der Waals surface area contributed by atoms with Crippen LogP contribution < -0.4 is 0 Å². The predicted molar refractivity (Wildman–Crippen MR) is 292 cm³/mol. The molecule has 0 aromatic heterocycles. The first kappa shape index (κ1) is 66.2. The number of hydrogen-bond acceptors (Lipinski definition) is 26. The zero-order chi connectivity index (χ0) is 62.5. The third kappa shape index (κ3) is 11.3. The molecule has 11 N–H and O–H groups in total. The molecular formula is C60H92O26. The van der Waals surface area contributed by atoms with Crippen molar-refractivity contribution in [2.75, 3.05) is 33.5 Å². The fourth-order valence-electron chi connectivity index (χ4n) is 16.9. The third-order valence-corrected chi connectivity index (χ3v) is 21.3. The van der Waals surface area contributed by atoms with Crippen molar-refractivity contribution < 1.29 is 127 Å². The number of rotatable bonds is 15. The van der Waals surface area contributed by atoms with E-state index in [0.717, 1.165) is 5.57 Å². The van der Waals surface area contributed by atoms with Crippen molar-refractivity contribution in [2.45, 2.75) is 254 Å². The van der Waals surface area contributed by atoms with Gasteiger partial charge in [-0.15, -0.1) is 0 Å². The van der Waals surface area contributed by atoms with Gasteiger partial charge in [0, 0.05) is 19.4 Å². The second kappa shape index (κ2) is 25.1. The second-order valence-electron chi connectivity index (χ2n) is 27.1. The number of esters is 2. The van der Waals surface area contributed by atoms with Crippen LogP contribution in [0.25, 0.3) is 0 Å². The van der Waals surface area contributed by atoms with Gasteiger partial charge >= 0.3 is 11.9 Å². The van der Waals surface area contributed by atoms with Gasteiger partial charge in [0.25, 0.3) is 0 Å². The van der Waals surface area contributed by atoms with Gasteiger partial charge < -0.3 is 118 Å². The minimum Gasteiger partial charge on any atom is -0.462 e. The number of hydrogen-bond donors (Lipinski definition) is 11. The molecule has 10 rings (SSSR count). The predicted octanol–water partition coefficient (Wildman–Crippen LogP) is -0.968. The minimum absolute atomic E-state index is 0.00437. The molecule has 0 amide bonds. The van der Waals surface area contributed by atoms with E-state index in [1.54, 1.807) is 0 Å². The fourth-order valence-corrected chi connectivity index (χ4v) is 16.9. The Morgan fingerprint density at radius 1 is 0.663 bits per heavy atom. The molecule has 0 aromatic rings. The summed E-state index contributed by atoms with van der Waals surface area (Å²) in [5, 5.41) is 122. The molecule has 1 spiro atoms. The fraction of sp³-hybridized carbons (Fsp3) is 0.867. The molecule has 0 radical (unpaired) electrons. The summed E-state index contributed by atoms with van der Waals surface area (Å²) in [6.45, 7) is 15.4. The molecule has 10 aliphatic rings. The van der Waals surface area contributed by atoms with Crippen LogP contribution in [0.4, 0.5) is 0 Å². The summed E-state index contributed by atoms with van der Waals surface area (Å²) in [5.74, 6) is -1.08. The van der Waals surface area contributed by atoms with Crippen LogP contribution >= 0.6 is 0 Å². The first-order chi connectivity index (χ1) is 40.5. The summed E-state index contributed by atoms with van der Waals surface area (Å²) >= 11 is 0. The van der Waals surface area contributed by atoms with Crippen LogP contribution in [0.15, 0.2) is 35.5 Å². The Balaban J connectivity index is 0.889. The SMILES string of the molecule is CO[C@@H]1[C@H](O)[C@H](O[C@H]2[C@@H](O)[C@@H](O[C@@H]3[C@H](O)[C@H](O[C@@H]4OC[C@@H](O)[C@@H](O)[C@@H]4O)[C@H](O[C@@H]4[C@H](O[C@@H]5CC[C@]6(C)[C@@H]7CC[C@]89C(=O)O[C@](C)(C=CC=C(C)C)[C@H]8[C@@H](OC(C)=O)C[C@@]9(C)C7=CC[C@@H]6C5(C)C)OC[C@@H](O)[C@@H]4O)O[C@@H]3C)O[C@@H](CO)[C@H]2O)OC[C@@H]1O. The van der Waals surface area contributed by atoms with Gasteiger partial charge in [-0.05, 0) is 95.0 Å². The van der Waals surface area contributed by atoms with Crippen LogP contribution in [-0.4, -0.2) is 255 Å². The maximum atomic E-state index is 14.7. The summed E-state index contributed by atoms with van der Waals surface area (Å²) in [7, 11) is 1.25. The molecule has 4 aliphatic carbocycles. The Morgan fingerprint density at radius 3 is 1.93 bits per heavy atom. The molecule has 488 valence electrons. The maximum Gasteiger partial charge on any atom is 0.314 e. The molecular weight excluding hydrogens is 1140 g/mol. The monoisotopic (exact) mass is 1230 g/mol. The topological polar surface area (TPSA) is 377 Å². The van der Waals surface area contributed by atoms with Gasteiger partial charge in [0.1, 0.15) is 109 Å². The highest BCUT2D eigenvalue weighted by atomic mass is 16.8. The van der Waals surface area contributed by atoms with Crippen LogP contribution in [0.2, 0.25) is 0 Å². The molecule has 6 saturated heterocycles. The summed E-state index contributed by atoms with van der Waals surface area (Å²) in [6.07, 6.45) is -25.2. The number of methoxy groups -OCH3 is 1. The number of cyclic esters (lactones) is 1. The molecule has 0 bridgehead atoms. The van der Waals surface area contributed by atoms with Crippen LogP contribution in [0.3, 0.4) is 0 Å². The first-order valence-corrected chi connectivity index (χ1v) is 30.3. The average Bonchev–Trinajstić information content (AvgIpc) is 1.46. The molecule has 3 saturated carbocycles. The van der Waals surface area contributed by atoms with Crippen molar-refractivity contribution in [1.82, 2.24) is 0 Å². The first-order valence-electron chi connectivity index (χ1n) is 30.3. The van der Waals surface area contributed by atoms with Gasteiger partial charge in [0.2, 0.25) is 0 Å². The van der Waals surface area contributed by atoms with E-state index in [1.807, 2.05) is 39.0 Å². The van der Waals surface area contributed by atoms with Gasteiger partial charge in [-0.25, -0.2) is 0 Å². The smallest absolute Gasteiger partial charge is 0.314 e. The summed E-state index contributed by atoms with van der Waals surface area (Å²) < 4.78 is 78.9. The van der Waals surface area contributed by atoms with Gasteiger partial charge in [0.05, 0.1) is 50.0 Å². The van der Waals surface area contributed by atoms with Gasteiger partial charge in [-0.2, -0.15) is 0 Å². The van der Waals surface area contributed by atoms with E-state index in [1.165, 1.54) is 26.5 Å². The van der Waals surface area contributed by atoms with E-state index in [9.17, 15) is 65.8 Å². The Hall–Kier alpha value is -2.72. The number of aliphatic hydroxyl groups is 11. The third-order valence-electron chi connectivity index (χ3n) is 21.3. The number of allylic oxidation sites excluding steroid dienone is 5. The molecule has 6 heterocycles. The van der Waals surface area contributed by atoms with E-state index in [0.29, 0.717) is 38.5 Å². The Bertz CT molecular complexity index is 2510. The zero-order valence-electron chi connectivity index (χ0n) is 50.5. The van der Waals surface area contributed by atoms with Crippen molar-refractivity contribution in [3.63, 3.8) is 0 Å². The Labute approximate surface area is 500 Å². The molecule has 9 fully saturated rings. The number of aliphatic hydroxyl groups excluding tert-OH is 11. The van der Waals surface area contributed by atoms with Crippen molar-refractivity contribution >= 4 is 11.9 Å². The summed E-state index contributed by atoms with van der Waals surface area (Å²) in [4.78, 5) is 27.5. The standard InChI is InChI=1S/C60H92O26/c1-25(2)12-11-17-59(9)49-33(79-27(4)62)20-58(8)29-13-14-35-56(5,6)36(16-18-57(35,7)28(29)15-19-60(49,58)55(73)86-59)81-53-47(38(67)31(64)23-77-53)85-54-48(84-50-40(69)37(66)30(63)22-75-50)41(70)44(26(3)78-54)82-52-43(72)46(39(68)34(21-61)80-52)83-51-42(71)45(74-10)32(65)24-76-51/h11-13,17,26,28,30-54,61,63-72H,14-16,18-24H2,1-10H3/t26-,28-,30-,31-,32+,33+,34+,35-,36-,37-,38+,39-,40+,41+,42+,43-,44+,45+,46-,47+,48+,49-,50+,51+,52-,53+,54+,57-,58+,59-,60-/m1/s1. The quantitative estimate of drug-likeness (QED) is 0.0534. The van der Waals surface area contributed by atoms with E-state index >= 15 is 0 Å². The highest BCUT2D eigenvalue weighted by molar-refractivity contribution is 5.84. The van der Waals surface area contributed by atoms with Crippen molar-refractivity contribution in [3.05, 3.63) is 35.5 Å². The normalized spacial score (nSPS) is 51.8. The number of ether oxygens (including phenoxy) is 13. The molecule has 26 nitrogen and oxygen atoms in total. The number of carbonyl (C=O) groups is 2. The molecule has 86 heavy (non-hydrogen) atoms. The van der Waals surface area contributed by atoms with Gasteiger partial charge in [0.15, 0.2) is 31.5 Å². The lowest BCUT2D eigenvalue weighted by molar-refractivity contribution is -0.402. The lowest BCUT2D eigenvalue weighted by atomic mass is 9.41. The highest BCUT2D eigenvalue weighted by Gasteiger charge is 2.79. The van der Waals surface area contributed by atoms with Crippen LogP contribution in [0.1, 0.15) is 101 Å². The second-order valence-corrected chi connectivity index (χ2v) is 27.1. The Morgan fingerprint density at radius 2 is 1.27 bits per heavy atom. The van der Waals surface area contributed by atoms with Crippen LogP contribution in [0, 0.1) is 39.4 Å². The molecule has 31 atom stereocenters. The van der Waals surface area contributed by atoms with Crippen LogP contribution in [-0.2, 0) is 71.2 Å². The number of fused-ring (bicyclic) bond motifs is 4. The number of carbonyl (C=O) groups excluding carboxylic acids is 2. The lowest BCUT2D eigenvalue weighted by Crippen LogP contribution is -2.67. The Kier molecular flexibility index (Phi) is 19.3. The van der Waals surface area contributed by atoms with Gasteiger partial charge in [-0.3, -0.25) is 9.59 Å². The van der Waals surface area contributed by atoms with Crippen LogP contribution in [0.5, 0.6) is 0 Å². The lowest BCUT2D eigenvalue weighted by Gasteiger charge is -2.63. The van der Waals surface area contributed by atoms with Crippen molar-refractivity contribution in [2.24, 2.45) is 39.4 Å². The van der Waals surface area contributed by atoms with Gasteiger partial charge in [-0.1, -0.05) is 57.1 Å². The zero-order valence-corrected chi connectivity index (χ0v) is 50.5. The molecule has 26 heteroatoms. The largest absolute Gasteiger partial charge is 0.462 e. The van der Waals surface area contributed by atoms with E-state index < -0.39 is 194 Å². The van der Waals surface area contributed by atoms with E-state index in [-0.39, 0.29) is 36.4 Å². The van der Waals surface area contributed by atoms with Crippen molar-refractivity contribution in [3.8, 4) is 0 Å². The molecule has 0 unspecified atom stereocenters. The average molecular weight is 1230 g/mol. The summed E-state index contributed by atoms with van der Waals surface area (Å²) in [6, 6.07) is 0. The van der Waals surface area contributed by atoms with E-state index in [2.05, 4.69) is 33.8 Å². The molecule has 0 aromatic carbocycles.